The maximum absolute atomic E-state index is 12.9. The van der Waals surface area contributed by atoms with E-state index in [1.165, 1.54) is 0 Å². The fourth-order valence-corrected chi connectivity index (χ4v) is 7.65. The first kappa shape index (κ1) is 75.0. The number of esters is 3. The first-order valence-electron chi connectivity index (χ1n) is 31.6. The highest BCUT2D eigenvalue weighted by atomic mass is 16.6. The minimum atomic E-state index is -0.842. The molecule has 81 heavy (non-hydrogen) atoms. The number of allylic oxidation sites excluding steroid dienone is 34. The van der Waals surface area contributed by atoms with Crippen LogP contribution >= 0.6 is 0 Å². The van der Waals surface area contributed by atoms with Crippen LogP contribution in [0.2, 0.25) is 0 Å². The Labute approximate surface area is 496 Å². The lowest BCUT2D eigenvalue weighted by molar-refractivity contribution is -0.167. The van der Waals surface area contributed by atoms with Gasteiger partial charge in [-0.05, 0) is 167 Å². The van der Waals surface area contributed by atoms with Crippen molar-refractivity contribution in [1.82, 2.24) is 0 Å². The van der Waals surface area contributed by atoms with Gasteiger partial charge in [-0.15, -0.1) is 0 Å². The number of rotatable bonds is 54. The molecular formula is C75H112O6. The van der Waals surface area contributed by atoms with Gasteiger partial charge in [0.15, 0.2) is 6.10 Å². The van der Waals surface area contributed by atoms with Gasteiger partial charge >= 0.3 is 17.9 Å². The molecule has 0 spiro atoms. The molecule has 0 fully saturated rings. The SMILES string of the molecule is CC/C=C\C/C=C\C/C=C\C/C=C\C/C=C\C/C=C\C/C=C\CCCCCC(=O)OCC(COC(=O)CCCCCC/C=C\C/C=C\C/C=C\C/C=C\CC)OC(=O)CCCC/C=C\C/C=C\C/C=C\C/C=C\C/C=C\C/C=C\CC. The molecule has 0 aliphatic carbocycles. The summed E-state index contributed by atoms with van der Waals surface area (Å²) < 4.78 is 16.8. The Kier molecular flexibility index (Phi) is 61.6. The number of ether oxygens (including phenoxy) is 3. The zero-order chi connectivity index (χ0) is 58.5. The van der Waals surface area contributed by atoms with Crippen molar-refractivity contribution < 1.29 is 28.6 Å². The highest BCUT2D eigenvalue weighted by molar-refractivity contribution is 5.71. The summed E-state index contributed by atoms with van der Waals surface area (Å²) in [5.41, 5.74) is 0. The summed E-state index contributed by atoms with van der Waals surface area (Å²) >= 11 is 0. The fraction of sp³-hybridized carbons (Fsp3) is 0.507. The van der Waals surface area contributed by atoms with Crippen molar-refractivity contribution in [2.75, 3.05) is 13.2 Å². The van der Waals surface area contributed by atoms with Crippen LogP contribution in [0, 0.1) is 0 Å². The third-order valence-electron chi connectivity index (χ3n) is 12.3. The van der Waals surface area contributed by atoms with Gasteiger partial charge in [0.05, 0.1) is 0 Å². The molecule has 0 rings (SSSR count). The van der Waals surface area contributed by atoms with E-state index >= 15 is 0 Å². The molecule has 0 amide bonds. The van der Waals surface area contributed by atoms with Gasteiger partial charge in [0.2, 0.25) is 0 Å². The van der Waals surface area contributed by atoms with Crippen molar-refractivity contribution in [2.45, 2.75) is 232 Å². The molecule has 0 aliphatic heterocycles. The molecule has 0 saturated carbocycles. The normalized spacial score (nSPS) is 13.6. The summed E-state index contributed by atoms with van der Waals surface area (Å²) in [5.74, 6) is -1.04. The van der Waals surface area contributed by atoms with Gasteiger partial charge in [-0.3, -0.25) is 14.4 Å². The average molecular weight is 1110 g/mol. The van der Waals surface area contributed by atoms with E-state index in [0.29, 0.717) is 19.3 Å². The van der Waals surface area contributed by atoms with E-state index in [9.17, 15) is 14.4 Å². The van der Waals surface area contributed by atoms with Gasteiger partial charge in [0.25, 0.3) is 0 Å². The van der Waals surface area contributed by atoms with Crippen LogP contribution in [-0.2, 0) is 28.6 Å². The lowest BCUT2D eigenvalue weighted by Crippen LogP contribution is -2.30. The Morgan fingerprint density at radius 2 is 0.444 bits per heavy atom. The Morgan fingerprint density at radius 3 is 0.716 bits per heavy atom. The molecule has 0 N–H and O–H groups in total. The molecule has 0 aromatic carbocycles. The summed E-state index contributed by atoms with van der Waals surface area (Å²) in [6, 6.07) is 0. The second kappa shape index (κ2) is 66.5. The first-order chi connectivity index (χ1) is 40.0. The van der Waals surface area contributed by atoms with Crippen molar-refractivity contribution >= 4 is 17.9 Å². The van der Waals surface area contributed by atoms with Crippen LogP contribution in [0.15, 0.2) is 207 Å². The van der Waals surface area contributed by atoms with Crippen molar-refractivity contribution in [3.63, 3.8) is 0 Å². The predicted octanol–water partition coefficient (Wildman–Crippen LogP) is 22.0. The molecule has 0 radical (unpaired) electrons. The van der Waals surface area contributed by atoms with Crippen LogP contribution in [0.4, 0.5) is 0 Å². The van der Waals surface area contributed by atoms with E-state index in [0.717, 1.165) is 180 Å². The maximum atomic E-state index is 12.9. The van der Waals surface area contributed by atoms with Crippen LogP contribution in [0.5, 0.6) is 0 Å². The van der Waals surface area contributed by atoms with E-state index in [-0.39, 0.29) is 37.5 Å². The molecule has 0 aliphatic rings. The molecule has 0 saturated heterocycles. The zero-order valence-electron chi connectivity index (χ0n) is 51.2. The molecule has 0 heterocycles. The summed E-state index contributed by atoms with van der Waals surface area (Å²) in [5, 5.41) is 0. The minimum Gasteiger partial charge on any atom is -0.462 e. The maximum Gasteiger partial charge on any atom is 0.306 e. The number of carbonyl (C=O) groups is 3. The summed E-state index contributed by atoms with van der Waals surface area (Å²) in [6.07, 6.45) is 103. The number of hydrogen-bond donors (Lipinski definition) is 0. The predicted molar refractivity (Wildman–Crippen MR) is 352 cm³/mol. The third-order valence-corrected chi connectivity index (χ3v) is 12.3. The Bertz CT molecular complexity index is 2000. The van der Waals surface area contributed by atoms with E-state index in [4.69, 9.17) is 14.2 Å². The van der Waals surface area contributed by atoms with Gasteiger partial charge in [0.1, 0.15) is 13.2 Å². The van der Waals surface area contributed by atoms with E-state index in [1.807, 2.05) is 0 Å². The molecule has 0 aromatic rings. The van der Waals surface area contributed by atoms with E-state index in [1.54, 1.807) is 0 Å². The lowest BCUT2D eigenvalue weighted by atomic mass is 10.1. The van der Waals surface area contributed by atoms with Crippen molar-refractivity contribution in [2.24, 2.45) is 0 Å². The molecule has 1 atom stereocenters. The van der Waals surface area contributed by atoms with Gasteiger partial charge in [-0.1, -0.05) is 247 Å². The minimum absolute atomic E-state index is 0.132. The Balaban J connectivity index is 4.62. The number of carbonyl (C=O) groups excluding carboxylic acids is 3. The molecular weight excluding hydrogens is 997 g/mol. The smallest absolute Gasteiger partial charge is 0.306 e. The van der Waals surface area contributed by atoms with Gasteiger partial charge in [0, 0.05) is 19.3 Å². The standard InChI is InChI=1S/C75H112O6/c1-4-7-10-13-16-19-22-25-28-31-33-35-36-37-38-40-41-44-47-50-53-56-59-62-65-68-74(77)80-71-72(70-79-73(76)67-64-61-58-55-52-49-46-43-30-27-24-21-18-15-12-9-6-3)81-75(78)69-66-63-60-57-54-51-48-45-42-39-34-32-29-26-23-20-17-14-11-8-5-2/h7-12,16-21,25-30,33-35,37-39,41,44-46,48-50,53-54,57,72H,4-6,13-15,22-24,31-32,36,40,42-43,47,51-52,55-56,58-71H2,1-3H3/b10-7-,11-8-,12-9-,19-16-,20-17-,21-18-,28-25-,29-26-,30-27-,35-33-,38-37-,39-34-,44-41-,48-45-,49-46-,53-50-,57-54-. The second-order valence-electron chi connectivity index (χ2n) is 19.8. The van der Waals surface area contributed by atoms with Crippen LogP contribution in [-0.4, -0.2) is 37.2 Å². The summed E-state index contributed by atoms with van der Waals surface area (Å²) in [6.45, 7) is 6.19. The monoisotopic (exact) mass is 1110 g/mol. The van der Waals surface area contributed by atoms with Gasteiger partial charge in [-0.25, -0.2) is 0 Å². The number of unbranched alkanes of at least 4 members (excludes halogenated alkanes) is 9. The lowest BCUT2D eigenvalue weighted by Gasteiger charge is -2.18. The van der Waals surface area contributed by atoms with Gasteiger partial charge in [-0.2, -0.15) is 0 Å². The zero-order valence-corrected chi connectivity index (χ0v) is 51.2. The van der Waals surface area contributed by atoms with Crippen LogP contribution in [0.3, 0.4) is 0 Å². The van der Waals surface area contributed by atoms with Crippen LogP contribution in [0.25, 0.3) is 0 Å². The third kappa shape index (κ3) is 64.7. The molecule has 6 nitrogen and oxygen atoms in total. The van der Waals surface area contributed by atoms with Crippen molar-refractivity contribution in [1.29, 1.82) is 0 Å². The van der Waals surface area contributed by atoms with Crippen molar-refractivity contribution in [3.05, 3.63) is 207 Å². The first-order valence-corrected chi connectivity index (χ1v) is 31.6. The Morgan fingerprint density at radius 1 is 0.247 bits per heavy atom. The highest BCUT2D eigenvalue weighted by Gasteiger charge is 2.19. The number of hydrogen-bond acceptors (Lipinski definition) is 6. The summed E-state index contributed by atoms with van der Waals surface area (Å²) in [7, 11) is 0. The quantitative estimate of drug-likeness (QED) is 0.0261. The van der Waals surface area contributed by atoms with Crippen molar-refractivity contribution in [3.8, 4) is 0 Å². The van der Waals surface area contributed by atoms with Crippen LogP contribution < -0.4 is 0 Å². The largest absolute Gasteiger partial charge is 0.462 e. The molecule has 0 bridgehead atoms. The molecule has 0 aromatic heterocycles. The fourth-order valence-electron chi connectivity index (χ4n) is 7.65. The molecule has 1 unspecified atom stereocenters. The molecule has 6 heteroatoms. The average Bonchev–Trinajstić information content (AvgIpc) is 3.47. The van der Waals surface area contributed by atoms with E-state index in [2.05, 4.69) is 227 Å². The van der Waals surface area contributed by atoms with E-state index < -0.39 is 6.10 Å². The topological polar surface area (TPSA) is 78.9 Å². The Hall–Kier alpha value is -6.01. The van der Waals surface area contributed by atoms with Crippen LogP contribution in [0.1, 0.15) is 226 Å². The van der Waals surface area contributed by atoms with Gasteiger partial charge < -0.3 is 14.2 Å². The highest BCUT2D eigenvalue weighted by Crippen LogP contribution is 2.12. The summed E-state index contributed by atoms with van der Waals surface area (Å²) in [4.78, 5) is 38.3. The molecule has 448 valence electrons. The second-order valence-corrected chi connectivity index (χ2v) is 19.8.